The van der Waals surface area contributed by atoms with Crippen molar-refractivity contribution in [1.82, 2.24) is 0 Å². The molecule has 0 radical (unpaired) electrons. The van der Waals surface area contributed by atoms with Gasteiger partial charge in [0.25, 0.3) is 5.91 Å². The maximum absolute atomic E-state index is 12.2. The number of nitrogens with two attached hydrogens (primary N) is 1. The lowest BCUT2D eigenvalue weighted by Gasteiger charge is -2.14. The lowest BCUT2D eigenvalue weighted by molar-refractivity contribution is -0.123. The van der Waals surface area contributed by atoms with Crippen LogP contribution in [0.3, 0.4) is 0 Å². The van der Waals surface area contributed by atoms with Crippen molar-refractivity contribution in [2.45, 2.75) is 31.8 Å². The first kappa shape index (κ1) is 19.1. The number of nitrogens with one attached hydrogen (secondary N) is 1. The Hall–Kier alpha value is -2.23. The molecule has 1 amide bonds. The van der Waals surface area contributed by atoms with Gasteiger partial charge in [0.05, 0.1) is 10.5 Å². The summed E-state index contributed by atoms with van der Waals surface area (Å²) in [5.74, 6) is -1.16. The highest BCUT2D eigenvalue weighted by Gasteiger charge is 2.21. The molecule has 0 saturated carbocycles. The maximum atomic E-state index is 12.2. The molecule has 0 saturated heterocycles. The Bertz CT molecular complexity index is 918. The Morgan fingerprint density at radius 3 is 2.48 bits per heavy atom. The number of aryl methyl sites for hydroxylation is 2. The van der Waals surface area contributed by atoms with E-state index in [-0.39, 0.29) is 10.6 Å². The van der Waals surface area contributed by atoms with E-state index in [4.69, 9.17) is 9.88 Å². The number of hydrogen-bond donors (Lipinski definition) is 2. The predicted octanol–water partition coefficient (Wildman–Crippen LogP) is 2.20. The predicted molar refractivity (Wildman–Crippen MR) is 95.1 cm³/mol. The van der Waals surface area contributed by atoms with Crippen LogP contribution in [0.4, 0.5) is 5.69 Å². The Labute approximate surface area is 149 Å². The zero-order chi connectivity index (χ0) is 18.8. The standard InChI is InChI=1S/C16H18N2O5S2/c1-9-7-14(11(3)24-9)16(20)23-10(2)15(19)18-12-5-4-6-13(8-12)25(17,21)22/h4-8,10H,1-3H3,(H,18,19)(H2,17,21,22)/t10-/m1/s1. The lowest BCUT2D eigenvalue weighted by Crippen LogP contribution is -2.30. The fraction of sp³-hybridized carbons (Fsp3) is 0.250. The number of ether oxygens (including phenoxy) is 1. The topological polar surface area (TPSA) is 116 Å². The zero-order valence-electron chi connectivity index (χ0n) is 13.9. The van der Waals surface area contributed by atoms with Gasteiger partial charge in [-0.15, -0.1) is 11.3 Å². The first-order valence-electron chi connectivity index (χ1n) is 7.29. The Kier molecular flexibility index (Phi) is 5.61. The molecule has 0 aliphatic rings. The molecule has 0 unspecified atom stereocenters. The van der Waals surface area contributed by atoms with E-state index < -0.39 is 28.0 Å². The van der Waals surface area contributed by atoms with Crippen LogP contribution in [0.2, 0.25) is 0 Å². The minimum atomic E-state index is -3.87. The number of thiophene rings is 1. The molecule has 1 atom stereocenters. The van der Waals surface area contributed by atoms with Crippen LogP contribution in [0.25, 0.3) is 0 Å². The number of carbonyl (C=O) groups is 2. The summed E-state index contributed by atoms with van der Waals surface area (Å²) in [6.45, 7) is 5.12. The molecule has 1 aromatic heterocycles. The fourth-order valence-electron chi connectivity index (χ4n) is 2.11. The van der Waals surface area contributed by atoms with Crippen LogP contribution in [0.15, 0.2) is 35.2 Å². The first-order chi connectivity index (χ1) is 11.6. The van der Waals surface area contributed by atoms with E-state index >= 15 is 0 Å². The van der Waals surface area contributed by atoms with E-state index in [0.29, 0.717) is 5.56 Å². The summed E-state index contributed by atoms with van der Waals surface area (Å²) < 4.78 is 27.9. The summed E-state index contributed by atoms with van der Waals surface area (Å²) in [6, 6.07) is 7.21. The van der Waals surface area contributed by atoms with E-state index in [1.807, 2.05) is 6.92 Å². The first-order valence-corrected chi connectivity index (χ1v) is 9.66. The second kappa shape index (κ2) is 7.34. The van der Waals surface area contributed by atoms with Crippen molar-refractivity contribution in [3.05, 3.63) is 45.6 Å². The highest BCUT2D eigenvalue weighted by molar-refractivity contribution is 7.89. The van der Waals surface area contributed by atoms with Gasteiger partial charge in [-0.25, -0.2) is 18.4 Å². The normalized spacial score (nSPS) is 12.5. The number of primary sulfonamides is 1. The molecule has 7 nitrogen and oxygen atoms in total. The number of amides is 1. The zero-order valence-corrected chi connectivity index (χ0v) is 15.5. The van der Waals surface area contributed by atoms with Gasteiger partial charge in [-0.1, -0.05) is 6.07 Å². The Balaban J connectivity index is 2.06. The number of hydrogen-bond acceptors (Lipinski definition) is 6. The van der Waals surface area contributed by atoms with Crippen molar-refractivity contribution >= 4 is 38.9 Å². The van der Waals surface area contributed by atoms with E-state index in [0.717, 1.165) is 9.75 Å². The second-order valence-electron chi connectivity index (χ2n) is 5.44. The summed E-state index contributed by atoms with van der Waals surface area (Å²) in [5.41, 5.74) is 0.667. The average Bonchev–Trinajstić information content (AvgIpc) is 2.85. The minimum absolute atomic E-state index is 0.126. The maximum Gasteiger partial charge on any atom is 0.340 e. The van der Waals surface area contributed by atoms with Crippen molar-refractivity contribution in [2.24, 2.45) is 5.14 Å². The molecule has 0 bridgehead atoms. The third kappa shape index (κ3) is 4.88. The van der Waals surface area contributed by atoms with Crippen molar-refractivity contribution in [3.63, 3.8) is 0 Å². The molecule has 134 valence electrons. The fourth-order valence-corrected chi connectivity index (χ4v) is 3.58. The van der Waals surface area contributed by atoms with E-state index in [9.17, 15) is 18.0 Å². The van der Waals surface area contributed by atoms with Crippen LogP contribution in [0.1, 0.15) is 27.0 Å². The van der Waals surface area contributed by atoms with Crippen LogP contribution < -0.4 is 10.5 Å². The van der Waals surface area contributed by atoms with Crippen LogP contribution in [-0.2, 0) is 19.6 Å². The highest BCUT2D eigenvalue weighted by Crippen LogP contribution is 2.22. The van der Waals surface area contributed by atoms with Gasteiger partial charge in [0.2, 0.25) is 10.0 Å². The summed E-state index contributed by atoms with van der Waals surface area (Å²) in [5, 5.41) is 7.55. The molecule has 2 aromatic rings. The second-order valence-corrected chi connectivity index (χ2v) is 8.46. The molecule has 1 heterocycles. The number of esters is 1. The van der Waals surface area contributed by atoms with Gasteiger partial charge in [-0.2, -0.15) is 0 Å². The van der Waals surface area contributed by atoms with Gasteiger partial charge < -0.3 is 10.1 Å². The molecule has 25 heavy (non-hydrogen) atoms. The number of sulfonamides is 1. The van der Waals surface area contributed by atoms with Crippen molar-refractivity contribution in [2.75, 3.05) is 5.32 Å². The van der Waals surface area contributed by atoms with E-state index in [2.05, 4.69) is 5.32 Å². The van der Waals surface area contributed by atoms with Gasteiger partial charge in [0, 0.05) is 15.4 Å². The van der Waals surface area contributed by atoms with Gasteiger partial charge in [0.1, 0.15) is 0 Å². The minimum Gasteiger partial charge on any atom is -0.449 e. The van der Waals surface area contributed by atoms with Gasteiger partial charge in [-0.05, 0) is 45.0 Å². The van der Waals surface area contributed by atoms with Crippen LogP contribution in [0, 0.1) is 13.8 Å². The van der Waals surface area contributed by atoms with Crippen LogP contribution in [0.5, 0.6) is 0 Å². The molecule has 0 aliphatic carbocycles. The monoisotopic (exact) mass is 382 g/mol. The number of anilines is 1. The third-order valence-corrected chi connectivity index (χ3v) is 5.22. The molecular weight excluding hydrogens is 364 g/mol. The quantitative estimate of drug-likeness (QED) is 0.769. The van der Waals surface area contributed by atoms with Gasteiger partial charge in [-0.3, -0.25) is 4.79 Å². The molecule has 0 spiro atoms. The van der Waals surface area contributed by atoms with Crippen molar-refractivity contribution < 1.29 is 22.7 Å². The molecular formula is C16H18N2O5S2. The largest absolute Gasteiger partial charge is 0.449 e. The van der Waals surface area contributed by atoms with Crippen molar-refractivity contribution in [1.29, 1.82) is 0 Å². The molecule has 0 fully saturated rings. The van der Waals surface area contributed by atoms with Crippen LogP contribution in [-0.4, -0.2) is 26.4 Å². The van der Waals surface area contributed by atoms with E-state index in [1.165, 1.54) is 42.5 Å². The van der Waals surface area contributed by atoms with Crippen LogP contribution >= 0.6 is 11.3 Å². The smallest absolute Gasteiger partial charge is 0.340 e. The molecule has 2 rings (SSSR count). The lowest BCUT2D eigenvalue weighted by atomic mass is 10.2. The van der Waals surface area contributed by atoms with E-state index in [1.54, 1.807) is 13.0 Å². The number of carbonyl (C=O) groups excluding carboxylic acids is 2. The summed E-state index contributed by atoms with van der Waals surface area (Å²) >= 11 is 1.47. The average molecular weight is 382 g/mol. The third-order valence-electron chi connectivity index (χ3n) is 3.34. The molecule has 9 heteroatoms. The van der Waals surface area contributed by atoms with Crippen molar-refractivity contribution in [3.8, 4) is 0 Å². The van der Waals surface area contributed by atoms with Gasteiger partial charge >= 0.3 is 5.97 Å². The Morgan fingerprint density at radius 1 is 1.24 bits per heavy atom. The number of benzene rings is 1. The highest BCUT2D eigenvalue weighted by atomic mass is 32.2. The SMILES string of the molecule is Cc1cc(C(=O)O[C@H](C)C(=O)Nc2cccc(S(N)(=O)=O)c2)c(C)s1. The Morgan fingerprint density at radius 2 is 1.92 bits per heavy atom. The summed E-state index contributed by atoms with van der Waals surface area (Å²) in [7, 11) is -3.87. The van der Waals surface area contributed by atoms with Gasteiger partial charge in [0.15, 0.2) is 6.10 Å². The number of rotatable bonds is 5. The summed E-state index contributed by atoms with van der Waals surface area (Å²) in [6.07, 6.45) is -1.05. The molecule has 1 aromatic carbocycles. The molecule has 3 N–H and O–H groups in total. The summed E-state index contributed by atoms with van der Waals surface area (Å²) in [4.78, 5) is 26.0. The molecule has 0 aliphatic heterocycles.